The first-order valence-electron chi connectivity index (χ1n) is 7.35. The summed E-state index contributed by atoms with van der Waals surface area (Å²) in [6, 6.07) is 10.8. The van der Waals surface area contributed by atoms with E-state index in [1.54, 1.807) is 0 Å². The topological polar surface area (TPSA) is 29.3 Å². The molecule has 0 amide bonds. The van der Waals surface area contributed by atoms with Gasteiger partial charge in [-0.3, -0.25) is 0 Å². The number of benzene rings is 1. The Morgan fingerprint density at radius 1 is 1.06 bits per heavy atom. The predicted molar refractivity (Wildman–Crippen MR) is 77.6 cm³/mol. The van der Waals surface area contributed by atoms with Crippen LogP contribution in [0.2, 0.25) is 0 Å². The summed E-state index contributed by atoms with van der Waals surface area (Å²) in [5, 5.41) is 0. The van der Waals surface area contributed by atoms with Crippen LogP contribution in [0.3, 0.4) is 0 Å². The van der Waals surface area contributed by atoms with Crippen molar-refractivity contribution in [2.75, 3.05) is 26.2 Å². The second kappa shape index (κ2) is 7.55. The molecule has 1 aliphatic carbocycles. The highest BCUT2D eigenvalue weighted by Gasteiger charge is 2.17. The number of hydrogen-bond acceptors (Lipinski definition) is 2. The molecule has 18 heavy (non-hydrogen) atoms. The lowest BCUT2D eigenvalue weighted by atomic mass is 10.1. The van der Waals surface area contributed by atoms with Gasteiger partial charge in [-0.25, -0.2) is 0 Å². The lowest BCUT2D eigenvalue weighted by Crippen LogP contribution is -2.35. The molecule has 0 atom stereocenters. The molecule has 0 aliphatic heterocycles. The molecule has 2 N–H and O–H groups in total. The van der Waals surface area contributed by atoms with Crippen molar-refractivity contribution >= 4 is 0 Å². The van der Waals surface area contributed by atoms with E-state index in [1.807, 2.05) is 0 Å². The molecule has 0 saturated heterocycles. The van der Waals surface area contributed by atoms with E-state index in [0.717, 1.165) is 32.0 Å². The van der Waals surface area contributed by atoms with Gasteiger partial charge < -0.3 is 10.6 Å². The molecule has 0 spiro atoms. The molecule has 0 heterocycles. The molecule has 1 saturated carbocycles. The summed E-state index contributed by atoms with van der Waals surface area (Å²) in [5.74, 6) is 0.923. The Morgan fingerprint density at radius 3 is 2.44 bits per heavy atom. The molecule has 0 aromatic heterocycles. The second-order valence-electron chi connectivity index (χ2n) is 5.48. The van der Waals surface area contributed by atoms with Gasteiger partial charge in [0.15, 0.2) is 0 Å². The number of hydrogen-bond donors (Lipinski definition) is 1. The maximum atomic E-state index is 5.73. The monoisotopic (exact) mass is 246 g/mol. The van der Waals surface area contributed by atoms with Crippen LogP contribution in [-0.2, 0) is 6.42 Å². The summed E-state index contributed by atoms with van der Waals surface area (Å²) >= 11 is 0. The molecule has 0 bridgehead atoms. The molecule has 100 valence electrons. The zero-order valence-electron chi connectivity index (χ0n) is 11.4. The highest BCUT2D eigenvalue weighted by Crippen LogP contribution is 2.25. The van der Waals surface area contributed by atoms with Crippen molar-refractivity contribution in [2.24, 2.45) is 11.7 Å². The van der Waals surface area contributed by atoms with Crippen LogP contribution in [0, 0.1) is 5.92 Å². The van der Waals surface area contributed by atoms with E-state index in [-0.39, 0.29) is 0 Å². The van der Waals surface area contributed by atoms with Gasteiger partial charge in [-0.2, -0.15) is 0 Å². The number of nitrogens with zero attached hydrogens (tertiary/aromatic N) is 1. The first-order valence-corrected chi connectivity index (χ1v) is 7.35. The zero-order chi connectivity index (χ0) is 12.6. The normalized spacial score (nSPS) is 16.6. The quantitative estimate of drug-likeness (QED) is 0.801. The molecule has 2 nitrogen and oxygen atoms in total. The van der Waals surface area contributed by atoms with Crippen molar-refractivity contribution in [3.8, 4) is 0 Å². The Bertz CT molecular complexity index is 317. The Hall–Kier alpha value is -0.860. The average Bonchev–Trinajstić information content (AvgIpc) is 2.90. The lowest BCUT2D eigenvalue weighted by Gasteiger charge is -2.25. The summed E-state index contributed by atoms with van der Waals surface area (Å²) in [4.78, 5) is 2.56. The van der Waals surface area contributed by atoms with Gasteiger partial charge in [0.25, 0.3) is 0 Å². The van der Waals surface area contributed by atoms with Gasteiger partial charge >= 0.3 is 0 Å². The van der Waals surface area contributed by atoms with E-state index in [9.17, 15) is 0 Å². The molecule has 1 aromatic carbocycles. The fourth-order valence-electron chi connectivity index (χ4n) is 2.97. The van der Waals surface area contributed by atoms with Crippen LogP contribution in [0.1, 0.15) is 31.2 Å². The van der Waals surface area contributed by atoms with Gasteiger partial charge in [0.1, 0.15) is 0 Å². The van der Waals surface area contributed by atoms with Gasteiger partial charge in [0, 0.05) is 26.2 Å². The van der Waals surface area contributed by atoms with E-state index >= 15 is 0 Å². The van der Waals surface area contributed by atoms with Crippen molar-refractivity contribution in [1.82, 2.24) is 4.90 Å². The maximum absolute atomic E-state index is 5.73. The van der Waals surface area contributed by atoms with Crippen molar-refractivity contribution < 1.29 is 0 Å². The fraction of sp³-hybridized carbons (Fsp3) is 0.625. The number of rotatable bonds is 7. The van der Waals surface area contributed by atoms with Crippen LogP contribution < -0.4 is 5.73 Å². The Balaban J connectivity index is 1.78. The van der Waals surface area contributed by atoms with Crippen LogP contribution in [0.25, 0.3) is 0 Å². The Morgan fingerprint density at radius 2 is 1.78 bits per heavy atom. The fourth-order valence-corrected chi connectivity index (χ4v) is 2.97. The van der Waals surface area contributed by atoms with E-state index in [4.69, 9.17) is 5.73 Å². The van der Waals surface area contributed by atoms with Crippen LogP contribution in [0.5, 0.6) is 0 Å². The van der Waals surface area contributed by atoms with Crippen molar-refractivity contribution in [3.05, 3.63) is 35.9 Å². The minimum atomic E-state index is 0.779. The third kappa shape index (κ3) is 4.43. The highest BCUT2D eigenvalue weighted by molar-refractivity contribution is 5.14. The smallest absolute Gasteiger partial charge is 0.0105 e. The number of nitrogens with two attached hydrogens (primary N) is 1. The summed E-state index contributed by atoms with van der Waals surface area (Å²) in [6.45, 7) is 4.23. The third-order valence-electron chi connectivity index (χ3n) is 4.00. The standard InChI is InChI=1S/C16H26N2/c17-11-13-18(14-16-8-4-5-9-16)12-10-15-6-2-1-3-7-15/h1-3,6-7,16H,4-5,8-14,17H2. The molecular formula is C16H26N2. The van der Waals surface area contributed by atoms with Gasteiger partial charge in [-0.05, 0) is 30.7 Å². The van der Waals surface area contributed by atoms with E-state index in [1.165, 1.54) is 37.8 Å². The summed E-state index contributed by atoms with van der Waals surface area (Å²) < 4.78 is 0. The maximum Gasteiger partial charge on any atom is 0.0105 e. The van der Waals surface area contributed by atoms with E-state index in [2.05, 4.69) is 35.2 Å². The lowest BCUT2D eigenvalue weighted by molar-refractivity contribution is 0.240. The molecule has 2 heteroatoms. The third-order valence-corrected chi connectivity index (χ3v) is 4.00. The summed E-state index contributed by atoms with van der Waals surface area (Å²) in [5.41, 5.74) is 7.17. The van der Waals surface area contributed by atoms with Crippen molar-refractivity contribution in [2.45, 2.75) is 32.1 Å². The van der Waals surface area contributed by atoms with Crippen LogP contribution >= 0.6 is 0 Å². The van der Waals surface area contributed by atoms with Crippen LogP contribution in [0.4, 0.5) is 0 Å². The Kier molecular flexibility index (Phi) is 5.69. The largest absolute Gasteiger partial charge is 0.329 e. The minimum absolute atomic E-state index is 0.779. The van der Waals surface area contributed by atoms with Crippen molar-refractivity contribution in [1.29, 1.82) is 0 Å². The molecule has 1 aromatic rings. The Labute approximate surface area is 111 Å². The average molecular weight is 246 g/mol. The van der Waals surface area contributed by atoms with Crippen molar-refractivity contribution in [3.63, 3.8) is 0 Å². The second-order valence-corrected chi connectivity index (χ2v) is 5.48. The van der Waals surface area contributed by atoms with E-state index < -0.39 is 0 Å². The van der Waals surface area contributed by atoms with Gasteiger partial charge in [0.05, 0.1) is 0 Å². The molecule has 1 aliphatic rings. The minimum Gasteiger partial charge on any atom is -0.329 e. The summed E-state index contributed by atoms with van der Waals surface area (Å²) in [6.07, 6.45) is 6.85. The van der Waals surface area contributed by atoms with Gasteiger partial charge in [-0.1, -0.05) is 43.2 Å². The van der Waals surface area contributed by atoms with Crippen LogP contribution in [-0.4, -0.2) is 31.1 Å². The zero-order valence-corrected chi connectivity index (χ0v) is 11.4. The summed E-state index contributed by atoms with van der Waals surface area (Å²) in [7, 11) is 0. The molecule has 0 unspecified atom stereocenters. The molecular weight excluding hydrogens is 220 g/mol. The van der Waals surface area contributed by atoms with Crippen LogP contribution in [0.15, 0.2) is 30.3 Å². The predicted octanol–water partition coefficient (Wildman–Crippen LogP) is 2.68. The van der Waals surface area contributed by atoms with Gasteiger partial charge in [-0.15, -0.1) is 0 Å². The molecule has 0 radical (unpaired) electrons. The SMILES string of the molecule is NCCN(CCc1ccccc1)CC1CCCC1. The van der Waals surface area contributed by atoms with E-state index in [0.29, 0.717) is 0 Å². The molecule has 2 rings (SSSR count). The first-order chi connectivity index (χ1) is 8.88. The molecule has 1 fully saturated rings. The first kappa shape index (κ1) is 13.6. The van der Waals surface area contributed by atoms with Gasteiger partial charge in [0.2, 0.25) is 0 Å². The highest BCUT2D eigenvalue weighted by atomic mass is 15.1.